The first kappa shape index (κ1) is 7.21. The van der Waals surface area contributed by atoms with Crippen LogP contribution >= 0.6 is 0 Å². The Morgan fingerprint density at radius 2 is 2.64 bits per heavy atom. The Hall–Kier alpha value is -1.90. The van der Waals surface area contributed by atoms with Gasteiger partial charge in [-0.15, -0.1) is 0 Å². The van der Waals surface area contributed by atoms with Gasteiger partial charge in [0, 0.05) is 4.98 Å². The van der Waals surface area contributed by atoms with Crippen molar-refractivity contribution in [2.45, 2.75) is 0 Å². The van der Waals surface area contributed by atoms with E-state index < -0.39 is 5.97 Å². The average molecular weight is 153 g/mol. The molecule has 0 saturated heterocycles. The number of hydrogen-bond acceptors (Lipinski definition) is 4. The Balaban J connectivity index is 3.05. The number of nitrogens with one attached hydrogen (secondary N) is 1. The van der Waals surface area contributed by atoms with Gasteiger partial charge in [0.2, 0.25) is 12.0 Å². The molecule has 0 amide bonds. The lowest BCUT2D eigenvalue weighted by Crippen LogP contribution is -2.01. The van der Waals surface area contributed by atoms with Crippen LogP contribution in [-0.4, -0.2) is 23.0 Å². The Bertz CT molecular complexity index is 311. The van der Waals surface area contributed by atoms with Gasteiger partial charge in [0.1, 0.15) is 0 Å². The van der Waals surface area contributed by atoms with E-state index in [-0.39, 0.29) is 11.5 Å². The first-order chi connectivity index (χ1) is 5.29. The summed E-state index contributed by atoms with van der Waals surface area (Å²) in [7, 11) is 1.23. The van der Waals surface area contributed by atoms with Crippen LogP contribution in [0.1, 0.15) is 10.5 Å². The standard InChI is InChI=1S/C5H4N4O2/c1-11-5(10)3-4(9-6)8-2-7-3/h2H,1H3/p+1. The molecule has 0 radical (unpaired) electrons. The molecule has 1 N–H and O–H groups in total. The predicted octanol–water partition coefficient (Wildman–Crippen LogP) is 0.681. The van der Waals surface area contributed by atoms with E-state index in [1.165, 1.54) is 13.4 Å². The Morgan fingerprint density at radius 3 is 3.18 bits per heavy atom. The molecule has 0 aliphatic carbocycles. The quantitative estimate of drug-likeness (QED) is 0.475. The van der Waals surface area contributed by atoms with Gasteiger partial charge in [-0.3, -0.25) is 0 Å². The molecule has 6 nitrogen and oxygen atoms in total. The average Bonchev–Trinajstić information content (AvgIpc) is 2.50. The second kappa shape index (κ2) is 2.79. The van der Waals surface area contributed by atoms with Gasteiger partial charge < -0.3 is 9.72 Å². The number of H-pyrrole nitrogens is 1. The van der Waals surface area contributed by atoms with Gasteiger partial charge in [0.15, 0.2) is 0 Å². The summed E-state index contributed by atoms with van der Waals surface area (Å²) in [5, 5.41) is 8.29. The van der Waals surface area contributed by atoms with Gasteiger partial charge in [-0.05, 0) is 4.98 Å². The zero-order chi connectivity index (χ0) is 8.27. The molecule has 0 bridgehead atoms. The molecule has 1 heterocycles. The lowest BCUT2D eigenvalue weighted by molar-refractivity contribution is 0.0596. The largest absolute Gasteiger partial charge is 0.497 e. The summed E-state index contributed by atoms with van der Waals surface area (Å²) >= 11 is 0. The molecule has 1 aromatic rings. The van der Waals surface area contributed by atoms with E-state index in [2.05, 4.69) is 19.7 Å². The van der Waals surface area contributed by atoms with Crippen molar-refractivity contribution < 1.29 is 9.53 Å². The number of diazo groups is 1. The number of esters is 1. The van der Waals surface area contributed by atoms with Crippen molar-refractivity contribution in [1.82, 2.24) is 9.97 Å². The van der Waals surface area contributed by atoms with Crippen LogP contribution in [0.25, 0.3) is 4.98 Å². The Labute approximate surface area is 61.8 Å². The number of methoxy groups -OCH3 is 1. The summed E-state index contributed by atoms with van der Waals surface area (Å²) in [4.78, 5) is 19.5. The topological polar surface area (TPSA) is 83.1 Å². The molecule has 1 aromatic heterocycles. The second-order valence-corrected chi connectivity index (χ2v) is 1.69. The van der Waals surface area contributed by atoms with Crippen LogP contribution in [0.3, 0.4) is 0 Å². The number of hydrogen-bond donors (Lipinski definition) is 1. The summed E-state index contributed by atoms with van der Waals surface area (Å²) < 4.78 is 4.36. The minimum Gasteiger partial charge on any atom is -0.464 e. The number of imidazole rings is 1. The first-order valence-corrected chi connectivity index (χ1v) is 2.76. The summed E-state index contributed by atoms with van der Waals surface area (Å²) in [6, 6.07) is 0. The molecule has 56 valence electrons. The molecule has 6 heteroatoms. The van der Waals surface area contributed by atoms with Crippen molar-refractivity contribution in [1.29, 1.82) is 5.39 Å². The molecule has 0 atom stereocenters. The third-order valence-electron chi connectivity index (χ3n) is 1.10. The number of rotatable bonds is 1. The van der Waals surface area contributed by atoms with Crippen molar-refractivity contribution in [3.63, 3.8) is 0 Å². The lowest BCUT2D eigenvalue weighted by atomic mass is 10.4. The fourth-order valence-electron chi connectivity index (χ4n) is 0.615. The van der Waals surface area contributed by atoms with Crippen LogP contribution in [-0.2, 0) is 4.74 Å². The maximum Gasteiger partial charge on any atom is 0.497 e. The molecular formula is C5H5N4O2+. The van der Waals surface area contributed by atoms with Gasteiger partial charge in [-0.2, -0.15) is 0 Å². The van der Waals surface area contributed by atoms with Crippen LogP contribution in [0.5, 0.6) is 0 Å². The fraction of sp³-hybridized carbons (Fsp3) is 0.200. The van der Waals surface area contributed by atoms with E-state index >= 15 is 0 Å². The highest BCUT2D eigenvalue weighted by Gasteiger charge is 2.24. The minimum atomic E-state index is -0.615. The number of nitrogens with zero attached hydrogens (tertiary/aromatic N) is 3. The number of aromatic amines is 1. The molecule has 0 saturated carbocycles. The van der Waals surface area contributed by atoms with Crippen LogP contribution in [0.15, 0.2) is 6.33 Å². The first-order valence-electron chi connectivity index (χ1n) is 2.76. The van der Waals surface area contributed by atoms with Crippen molar-refractivity contribution in [2.24, 2.45) is 0 Å². The highest BCUT2D eigenvalue weighted by atomic mass is 16.5. The van der Waals surface area contributed by atoms with Gasteiger partial charge in [0.05, 0.1) is 12.5 Å². The minimum absolute atomic E-state index is 0.0370. The summed E-state index contributed by atoms with van der Waals surface area (Å²) in [5.41, 5.74) is 0.0370. The number of carbonyl (C=O) groups is 1. The monoisotopic (exact) mass is 153 g/mol. The molecule has 0 spiro atoms. The number of aromatic nitrogens is 2. The molecule has 0 fully saturated rings. The summed E-state index contributed by atoms with van der Waals surface area (Å²) in [6.45, 7) is 0. The third-order valence-corrected chi connectivity index (χ3v) is 1.10. The predicted molar refractivity (Wildman–Crippen MR) is 34.7 cm³/mol. The molecule has 0 aliphatic heterocycles. The highest BCUT2D eigenvalue weighted by Crippen LogP contribution is 2.13. The lowest BCUT2D eigenvalue weighted by Gasteiger charge is -1.88. The smallest absolute Gasteiger partial charge is 0.464 e. The van der Waals surface area contributed by atoms with Gasteiger partial charge >= 0.3 is 11.8 Å². The van der Waals surface area contributed by atoms with Crippen molar-refractivity contribution in [3.8, 4) is 0 Å². The van der Waals surface area contributed by atoms with E-state index in [1.54, 1.807) is 0 Å². The van der Waals surface area contributed by atoms with E-state index in [4.69, 9.17) is 5.39 Å². The molecule has 0 aromatic carbocycles. The molecular weight excluding hydrogens is 148 g/mol. The van der Waals surface area contributed by atoms with Crippen molar-refractivity contribution in [2.75, 3.05) is 7.11 Å². The fourth-order valence-corrected chi connectivity index (χ4v) is 0.615. The zero-order valence-electron chi connectivity index (χ0n) is 5.74. The van der Waals surface area contributed by atoms with Crippen molar-refractivity contribution in [3.05, 3.63) is 17.0 Å². The molecule has 0 aliphatic rings. The van der Waals surface area contributed by atoms with E-state index in [0.717, 1.165) is 0 Å². The van der Waals surface area contributed by atoms with E-state index in [9.17, 15) is 4.79 Å². The summed E-state index contributed by atoms with van der Waals surface area (Å²) in [6.07, 6.45) is 1.24. The zero-order valence-corrected chi connectivity index (χ0v) is 5.74. The second-order valence-electron chi connectivity index (χ2n) is 1.69. The van der Waals surface area contributed by atoms with Gasteiger partial charge in [-0.25, -0.2) is 4.79 Å². The van der Waals surface area contributed by atoms with Gasteiger partial charge in [-0.1, -0.05) is 0 Å². The molecule has 0 unspecified atom stereocenters. The normalized spacial score (nSPS) is 8.73. The number of carbonyl (C=O) groups excluding carboxylic acids is 1. The van der Waals surface area contributed by atoms with Crippen LogP contribution < -0.4 is 0 Å². The maximum absolute atomic E-state index is 10.8. The third kappa shape index (κ3) is 1.16. The van der Waals surface area contributed by atoms with E-state index in [0.29, 0.717) is 0 Å². The van der Waals surface area contributed by atoms with Gasteiger partial charge in [0.25, 0.3) is 0 Å². The van der Waals surface area contributed by atoms with E-state index in [1.807, 2.05) is 0 Å². The SMILES string of the molecule is COC(=O)c1[nH]cnc1[N+]#N. The maximum atomic E-state index is 10.8. The molecule has 1 rings (SSSR count). The Kier molecular flexibility index (Phi) is 1.83. The highest BCUT2D eigenvalue weighted by molar-refractivity contribution is 5.92. The van der Waals surface area contributed by atoms with Crippen molar-refractivity contribution >= 4 is 11.8 Å². The van der Waals surface area contributed by atoms with Crippen LogP contribution in [0.4, 0.5) is 5.82 Å². The number of ether oxygens (including phenoxy) is 1. The summed E-state index contributed by atoms with van der Waals surface area (Å²) in [5.74, 6) is -0.688. The van der Waals surface area contributed by atoms with Crippen LogP contribution in [0.2, 0.25) is 0 Å². The Morgan fingerprint density at radius 1 is 1.91 bits per heavy atom. The van der Waals surface area contributed by atoms with Crippen LogP contribution in [0, 0.1) is 5.39 Å². The molecule has 11 heavy (non-hydrogen) atoms.